The number of hydrogen-bond donors (Lipinski definition) is 1. The topological polar surface area (TPSA) is 87.9 Å². The van der Waals surface area contributed by atoms with Gasteiger partial charge < -0.3 is 14.2 Å². The average Bonchev–Trinajstić information content (AvgIpc) is 2.60. The van der Waals surface area contributed by atoms with Crippen molar-refractivity contribution in [3.63, 3.8) is 0 Å². The van der Waals surface area contributed by atoms with Crippen molar-refractivity contribution in [2.24, 2.45) is 5.14 Å². The number of methoxy groups -OCH3 is 3. The molecule has 2 N–H and O–H groups in total. The normalized spacial score (nSPS) is 11.2. The molecule has 0 spiro atoms. The Labute approximate surface area is 148 Å². The molecule has 0 saturated carbocycles. The summed E-state index contributed by atoms with van der Waals surface area (Å²) in [5.41, 5.74) is 1.98. The van der Waals surface area contributed by atoms with E-state index >= 15 is 0 Å². The minimum Gasteiger partial charge on any atom is -0.493 e. The molecule has 0 atom stereocenters. The molecular formula is C18H22NO5S. The highest BCUT2D eigenvalue weighted by molar-refractivity contribution is 7.89. The second-order valence-corrected chi connectivity index (χ2v) is 6.95. The summed E-state index contributed by atoms with van der Waals surface area (Å²) < 4.78 is 38.5. The van der Waals surface area contributed by atoms with E-state index in [1.54, 1.807) is 33.5 Å². The zero-order chi connectivity index (χ0) is 18.4. The maximum Gasteiger partial charge on any atom is 0.238 e. The molecule has 2 aromatic rings. The van der Waals surface area contributed by atoms with Gasteiger partial charge in [0.05, 0.1) is 26.2 Å². The molecule has 0 fully saturated rings. The fraction of sp³-hybridized carbons (Fsp3) is 0.278. The van der Waals surface area contributed by atoms with Crippen LogP contribution in [0.2, 0.25) is 0 Å². The lowest BCUT2D eigenvalue weighted by Crippen LogP contribution is -2.11. The van der Waals surface area contributed by atoms with Crippen LogP contribution < -0.4 is 19.3 Å². The Bertz CT molecular complexity index is 791. The van der Waals surface area contributed by atoms with Gasteiger partial charge in [0.1, 0.15) is 0 Å². The highest BCUT2D eigenvalue weighted by Gasteiger charge is 2.13. The van der Waals surface area contributed by atoms with Crippen LogP contribution in [0.15, 0.2) is 41.3 Å². The first-order chi connectivity index (χ1) is 11.9. The van der Waals surface area contributed by atoms with Crippen molar-refractivity contribution in [2.75, 3.05) is 21.3 Å². The number of primary sulfonamides is 1. The lowest BCUT2D eigenvalue weighted by Gasteiger charge is -2.14. The number of rotatable bonds is 8. The number of ether oxygens (including phenoxy) is 3. The van der Waals surface area contributed by atoms with E-state index in [1.807, 2.05) is 12.1 Å². The molecule has 2 aromatic carbocycles. The molecule has 0 aliphatic rings. The van der Waals surface area contributed by atoms with Crippen LogP contribution in [-0.4, -0.2) is 29.7 Å². The Hall–Kier alpha value is -2.25. The second-order valence-electron chi connectivity index (χ2n) is 5.39. The smallest absolute Gasteiger partial charge is 0.238 e. The van der Waals surface area contributed by atoms with Crippen LogP contribution in [0.3, 0.4) is 0 Å². The van der Waals surface area contributed by atoms with Gasteiger partial charge >= 0.3 is 0 Å². The molecule has 2 rings (SSSR count). The average molecular weight is 364 g/mol. The molecule has 0 heterocycles. The SMILES string of the molecule is COc1cc([CH]CCc2ccc(S(N)(=O)=O)cc2)cc(OC)c1OC. The van der Waals surface area contributed by atoms with Gasteiger partial charge in [-0.1, -0.05) is 12.1 Å². The van der Waals surface area contributed by atoms with Crippen LogP contribution in [0.25, 0.3) is 0 Å². The van der Waals surface area contributed by atoms with Crippen LogP contribution >= 0.6 is 0 Å². The van der Waals surface area contributed by atoms with Crippen LogP contribution in [0, 0.1) is 6.42 Å². The quantitative estimate of drug-likeness (QED) is 0.778. The van der Waals surface area contributed by atoms with Crippen molar-refractivity contribution in [2.45, 2.75) is 17.7 Å². The summed E-state index contributed by atoms with van der Waals surface area (Å²) in [7, 11) is 1.07. The third kappa shape index (κ3) is 4.87. The predicted molar refractivity (Wildman–Crippen MR) is 95.6 cm³/mol. The van der Waals surface area contributed by atoms with Gasteiger partial charge in [-0.15, -0.1) is 0 Å². The van der Waals surface area contributed by atoms with E-state index in [2.05, 4.69) is 6.42 Å². The second kappa shape index (κ2) is 8.22. The molecular weight excluding hydrogens is 342 g/mol. The maximum atomic E-state index is 11.3. The minimum absolute atomic E-state index is 0.116. The highest BCUT2D eigenvalue weighted by Crippen LogP contribution is 2.38. The molecule has 0 aromatic heterocycles. The summed E-state index contributed by atoms with van der Waals surface area (Å²) in [5.74, 6) is 1.76. The molecule has 0 saturated heterocycles. The Morgan fingerprint density at radius 1 is 0.960 bits per heavy atom. The lowest BCUT2D eigenvalue weighted by molar-refractivity contribution is 0.324. The van der Waals surface area contributed by atoms with Gasteiger partial charge in [0, 0.05) is 0 Å². The summed E-state index contributed by atoms with van der Waals surface area (Å²) in [5, 5.41) is 5.09. The lowest BCUT2D eigenvalue weighted by atomic mass is 10.0. The van der Waals surface area contributed by atoms with Crippen molar-refractivity contribution in [3.8, 4) is 17.2 Å². The Morgan fingerprint density at radius 3 is 1.96 bits per heavy atom. The molecule has 1 radical (unpaired) electrons. The molecule has 135 valence electrons. The van der Waals surface area contributed by atoms with Crippen molar-refractivity contribution in [1.82, 2.24) is 0 Å². The van der Waals surface area contributed by atoms with Crippen molar-refractivity contribution >= 4 is 10.0 Å². The fourth-order valence-corrected chi connectivity index (χ4v) is 2.99. The monoisotopic (exact) mass is 364 g/mol. The van der Waals surface area contributed by atoms with E-state index in [0.29, 0.717) is 17.2 Å². The van der Waals surface area contributed by atoms with Crippen molar-refractivity contribution in [3.05, 3.63) is 53.9 Å². The minimum atomic E-state index is -3.65. The van der Waals surface area contributed by atoms with Crippen molar-refractivity contribution < 1.29 is 22.6 Å². The Balaban J connectivity index is 2.04. The highest BCUT2D eigenvalue weighted by atomic mass is 32.2. The summed E-state index contributed by atoms with van der Waals surface area (Å²) in [6, 6.07) is 10.3. The van der Waals surface area contributed by atoms with E-state index in [-0.39, 0.29) is 4.90 Å². The third-order valence-electron chi connectivity index (χ3n) is 3.75. The van der Waals surface area contributed by atoms with Crippen LogP contribution in [0.5, 0.6) is 17.2 Å². The van der Waals surface area contributed by atoms with E-state index in [1.165, 1.54) is 12.1 Å². The Morgan fingerprint density at radius 2 is 1.52 bits per heavy atom. The molecule has 0 amide bonds. The predicted octanol–water partition coefficient (Wildman–Crippen LogP) is 2.54. The first kappa shape index (κ1) is 19.1. The first-order valence-electron chi connectivity index (χ1n) is 7.64. The molecule has 6 nitrogen and oxygen atoms in total. The number of hydrogen-bond acceptors (Lipinski definition) is 5. The zero-order valence-electron chi connectivity index (χ0n) is 14.5. The van der Waals surface area contributed by atoms with Crippen LogP contribution in [0.1, 0.15) is 17.5 Å². The van der Waals surface area contributed by atoms with Crippen molar-refractivity contribution in [1.29, 1.82) is 0 Å². The van der Waals surface area contributed by atoms with Gasteiger partial charge in [0.25, 0.3) is 0 Å². The number of benzene rings is 2. The summed E-state index contributed by atoms with van der Waals surface area (Å²) in [6.07, 6.45) is 3.59. The largest absolute Gasteiger partial charge is 0.493 e. The standard InChI is InChI=1S/C18H22NO5S/c1-22-16-11-14(12-17(23-2)18(16)24-3)6-4-5-13-7-9-15(10-8-13)25(19,20)21/h6-12H,4-5H2,1-3H3,(H2,19,20,21). The number of aryl methyl sites for hydroxylation is 1. The van der Waals surface area contributed by atoms with Crippen LogP contribution in [0.4, 0.5) is 0 Å². The number of nitrogens with two attached hydrogens (primary N) is 1. The summed E-state index contributed by atoms with van der Waals surface area (Å²) in [4.78, 5) is 0.116. The maximum absolute atomic E-state index is 11.3. The van der Waals surface area contributed by atoms with Gasteiger partial charge in [-0.2, -0.15) is 0 Å². The van der Waals surface area contributed by atoms with Gasteiger partial charge in [-0.05, 0) is 54.7 Å². The molecule has 0 bridgehead atoms. The zero-order valence-corrected chi connectivity index (χ0v) is 15.3. The van der Waals surface area contributed by atoms with Gasteiger partial charge in [0.2, 0.25) is 15.8 Å². The molecule has 0 aliphatic heterocycles. The first-order valence-corrected chi connectivity index (χ1v) is 9.18. The fourth-order valence-electron chi connectivity index (χ4n) is 2.47. The molecule has 0 unspecified atom stereocenters. The van der Waals surface area contributed by atoms with Gasteiger partial charge in [0.15, 0.2) is 11.5 Å². The van der Waals surface area contributed by atoms with E-state index in [4.69, 9.17) is 19.3 Å². The summed E-state index contributed by atoms with van der Waals surface area (Å²) >= 11 is 0. The van der Waals surface area contributed by atoms with E-state index < -0.39 is 10.0 Å². The van der Waals surface area contributed by atoms with Gasteiger partial charge in [-0.3, -0.25) is 0 Å². The third-order valence-corrected chi connectivity index (χ3v) is 4.68. The molecule has 7 heteroatoms. The molecule has 0 aliphatic carbocycles. The number of sulfonamides is 1. The molecule has 25 heavy (non-hydrogen) atoms. The van der Waals surface area contributed by atoms with E-state index in [0.717, 1.165) is 24.0 Å². The van der Waals surface area contributed by atoms with Crippen LogP contribution in [-0.2, 0) is 16.4 Å². The summed E-state index contributed by atoms with van der Waals surface area (Å²) in [6.45, 7) is 0. The van der Waals surface area contributed by atoms with Gasteiger partial charge in [-0.25, -0.2) is 13.6 Å². The Kier molecular flexibility index (Phi) is 6.27. The van der Waals surface area contributed by atoms with E-state index in [9.17, 15) is 8.42 Å².